The predicted molar refractivity (Wildman–Crippen MR) is 62.0 cm³/mol. The predicted octanol–water partition coefficient (Wildman–Crippen LogP) is 2.30. The molecule has 2 unspecified atom stereocenters. The van der Waals surface area contributed by atoms with E-state index in [9.17, 15) is 18.3 Å². The lowest BCUT2D eigenvalue weighted by Crippen LogP contribution is -2.29. The average Bonchev–Trinajstić information content (AvgIpc) is 2.96. The van der Waals surface area contributed by atoms with E-state index >= 15 is 0 Å². The number of rotatable bonds is 3. The molecule has 2 atom stereocenters. The SMILES string of the molecule is CC1(c2ccccc2C(F)(F)F)CC1(CN)CO. The summed E-state index contributed by atoms with van der Waals surface area (Å²) in [7, 11) is 0. The summed E-state index contributed by atoms with van der Waals surface area (Å²) in [6.07, 6.45) is -3.89. The van der Waals surface area contributed by atoms with Crippen LogP contribution in [-0.2, 0) is 11.6 Å². The second kappa shape index (κ2) is 3.96. The lowest BCUT2D eigenvalue weighted by Gasteiger charge is -2.23. The molecule has 0 spiro atoms. The highest BCUT2D eigenvalue weighted by Gasteiger charge is 2.65. The van der Waals surface area contributed by atoms with Gasteiger partial charge in [-0.3, -0.25) is 0 Å². The van der Waals surface area contributed by atoms with Crippen molar-refractivity contribution >= 4 is 0 Å². The van der Waals surface area contributed by atoms with Crippen LogP contribution in [0.15, 0.2) is 24.3 Å². The van der Waals surface area contributed by atoms with Gasteiger partial charge in [0.15, 0.2) is 0 Å². The standard InChI is InChI=1S/C13H16F3NO/c1-11(6-12(11,7-17)8-18)9-4-2-3-5-10(9)13(14,15)16/h2-5,18H,6-8,17H2,1H3. The van der Waals surface area contributed by atoms with Gasteiger partial charge in [0, 0.05) is 17.4 Å². The van der Waals surface area contributed by atoms with Crippen molar-refractivity contribution in [2.75, 3.05) is 13.2 Å². The number of hydrogen-bond acceptors (Lipinski definition) is 2. The number of nitrogens with two attached hydrogens (primary N) is 1. The zero-order chi connectivity index (χ0) is 13.6. The monoisotopic (exact) mass is 259 g/mol. The summed E-state index contributed by atoms with van der Waals surface area (Å²) in [5.41, 5.74) is 3.91. The van der Waals surface area contributed by atoms with Gasteiger partial charge in [0.2, 0.25) is 0 Å². The fourth-order valence-corrected chi connectivity index (χ4v) is 2.82. The molecular formula is C13H16F3NO. The van der Waals surface area contributed by atoms with E-state index in [0.717, 1.165) is 6.07 Å². The minimum atomic E-state index is -4.38. The molecular weight excluding hydrogens is 243 g/mol. The van der Waals surface area contributed by atoms with E-state index < -0.39 is 22.6 Å². The highest BCUT2D eigenvalue weighted by Crippen LogP contribution is 2.65. The Bertz CT molecular complexity index is 454. The Kier molecular flexibility index (Phi) is 2.94. The molecule has 0 aliphatic heterocycles. The molecule has 0 amide bonds. The first-order chi connectivity index (χ1) is 8.31. The van der Waals surface area contributed by atoms with E-state index in [1.165, 1.54) is 12.1 Å². The van der Waals surface area contributed by atoms with Gasteiger partial charge in [0.25, 0.3) is 0 Å². The zero-order valence-corrected chi connectivity index (χ0v) is 10.1. The smallest absolute Gasteiger partial charge is 0.396 e. The summed E-state index contributed by atoms with van der Waals surface area (Å²) in [6, 6.07) is 5.53. The molecule has 2 rings (SSSR count). The van der Waals surface area contributed by atoms with E-state index in [2.05, 4.69) is 0 Å². The van der Waals surface area contributed by atoms with E-state index in [1.54, 1.807) is 13.0 Å². The lowest BCUT2D eigenvalue weighted by molar-refractivity contribution is -0.138. The van der Waals surface area contributed by atoms with Crippen LogP contribution >= 0.6 is 0 Å². The Labute approximate surface area is 104 Å². The number of aliphatic hydroxyl groups is 1. The van der Waals surface area contributed by atoms with Crippen LogP contribution < -0.4 is 5.73 Å². The molecule has 18 heavy (non-hydrogen) atoms. The van der Waals surface area contributed by atoms with Gasteiger partial charge in [-0.15, -0.1) is 0 Å². The van der Waals surface area contributed by atoms with Crippen molar-refractivity contribution in [3.05, 3.63) is 35.4 Å². The number of aliphatic hydroxyl groups excluding tert-OH is 1. The van der Waals surface area contributed by atoms with Gasteiger partial charge in [-0.1, -0.05) is 25.1 Å². The Morgan fingerprint density at radius 2 is 1.94 bits per heavy atom. The lowest BCUT2D eigenvalue weighted by atomic mass is 9.85. The van der Waals surface area contributed by atoms with Gasteiger partial charge in [0.1, 0.15) is 0 Å². The summed E-state index contributed by atoms with van der Waals surface area (Å²) < 4.78 is 38.9. The van der Waals surface area contributed by atoms with Crippen molar-refractivity contribution in [1.82, 2.24) is 0 Å². The number of hydrogen-bond donors (Lipinski definition) is 2. The number of benzene rings is 1. The quantitative estimate of drug-likeness (QED) is 0.875. The van der Waals surface area contributed by atoms with E-state index in [-0.39, 0.29) is 18.7 Å². The maximum Gasteiger partial charge on any atom is 0.416 e. The zero-order valence-electron chi connectivity index (χ0n) is 10.1. The second-order valence-electron chi connectivity index (χ2n) is 5.19. The summed E-state index contributed by atoms with van der Waals surface area (Å²) in [4.78, 5) is 0. The summed E-state index contributed by atoms with van der Waals surface area (Å²) in [5.74, 6) is 0. The van der Waals surface area contributed by atoms with Crippen molar-refractivity contribution < 1.29 is 18.3 Å². The number of alkyl halides is 3. The molecule has 0 bridgehead atoms. The molecule has 5 heteroatoms. The van der Waals surface area contributed by atoms with Crippen LogP contribution in [0.5, 0.6) is 0 Å². The Balaban J connectivity index is 2.49. The van der Waals surface area contributed by atoms with Crippen LogP contribution in [0.25, 0.3) is 0 Å². The first kappa shape index (κ1) is 13.4. The third-order valence-corrected chi connectivity index (χ3v) is 4.26. The summed E-state index contributed by atoms with van der Waals surface area (Å²) in [6.45, 7) is 1.74. The van der Waals surface area contributed by atoms with Gasteiger partial charge in [0.05, 0.1) is 12.2 Å². The first-order valence-corrected chi connectivity index (χ1v) is 5.78. The van der Waals surface area contributed by atoms with Gasteiger partial charge in [-0.2, -0.15) is 13.2 Å². The third-order valence-electron chi connectivity index (χ3n) is 4.26. The Hall–Kier alpha value is -1.07. The Morgan fingerprint density at radius 3 is 2.39 bits per heavy atom. The van der Waals surface area contributed by atoms with Crippen LogP contribution in [0.4, 0.5) is 13.2 Å². The summed E-state index contributed by atoms with van der Waals surface area (Å²) in [5, 5.41) is 9.39. The fraction of sp³-hybridized carbons (Fsp3) is 0.538. The minimum Gasteiger partial charge on any atom is -0.396 e. The molecule has 0 heterocycles. The third kappa shape index (κ3) is 1.73. The molecule has 1 aromatic carbocycles. The second-order valence-corrected chi connectivity index (χ2v) is 5.19. The minimum absolute atomic E-state index is 0.187. The molecule has 100 valence electrons. The van der Waals surface area contributed by atoms with Crippen molar-refractivity contribution in [1.29, 1.82) is 0 Å². The van der Waals surface area contributed by atoms with Crippen LogP contribution in [0, 0.1) is 5.41 Å². The molecule has 1 saturated carbocycles. The Morgan fingerprint density at radius 1 is 1.33 bits per heavy atom. The van der Waals surface area contributed by atoms with E-state index in [4.69, 9.17) is 5.73 Å². The van der Waals surface area contributed by atoms with Crippen LogP contribution in [0.2, 0.25) is 0 Å². The van der Waals surface area contributed by atoms with Crippen molar-refractivity contribution in [3.8, 4) is 0 Å². The fourth-order valence-electron chi connectivity index (χ4n) is 2.82. The molecule has 2 nitrogen and oxygen atoms in total. The van der Waals surface area contributed by atoms with Gasteiger partial charge < -0.3 is 10.8 Å². The summed E-state index contributed by atoms with van der Waals surface area (Å²) >= 11 is 0. The number of halogens is 3. The van der Waals surface area contributed by atoms with Crippen molar-refractivity contribution in [3.63, 3.8) is 0 Å². The topological polar surface area (TPSA) is 46.2 Å². The van der Waals surface area contributed by atoms with E-state index in [1.807, 2.05) is 0 Å². The highest BCUT2D eigenvalue weighted by atomic mass is 19.4. The largest absolute Gasteiger partial charge is 0.416 e. The maximum atomic E-state index is 13.0. The maximum absolute atomic E-state index is 13.0. The molecule has 3 N–H and O–H groups in total. The molecule has 0 saturated heterocycles. The average molecular weight is 259 g/mol. The molecule has 1 aromatic rings. The van der Waals surface area contributed by atoms with Gasteiger partial charge in [-0.25, -0.2) is 0 Å². The molecule has 1 aliphatic carbocycles. The van der Waals surface area contributed by atoms with Crippen LogP contribution in [0.3, 0.4) is 0 Å². The normalized spacial score (nSPS) is 31.4. The highest BCUT2D eigenvalue weighted by molar-refractivity contribution is 5.44. The van der Waals surface area contributed by atoms with Gasteiger partial charge >= 0.3 is 6.18 Å². The van der Waals surface area contributed by atoms with Crippen LogP contribution in [-0.4, -0.2) is 18.3 Å². The van der Waals surface area contributed by atoms with E-state index in [0.29, 0.717) is 6.42 Å². The molecule has 1 fully saturated rings. The van der Waals surface area contributed by atoms with Crippen LogP contribution in [0.1, 0.15) is 24.5 Å². The molecule has 1 aliphatic rings. The first-order valence-electron chi connectivity index (χ1n) is 5.78. The molecule has 0 aromatic heterocycles. The van der Waals surface area contributed by atoms with Crippen molar-refractivity contribution in [2.45, 2.75) is 24.9 Å². The van der Waals surface area contributed by atoms with Crippen molar-refractivity contribution in [2.24, 2.45) is 11.1 Å². The van der Waals surface area contributed by atoms with Gasteiger partial charge in [-0.05, 0) is 18.1 Å². The molecule has 0 radical (unpaired) electrons.